The Morgan fingerprint density at radius 3 is 1.63 bits per heavy atom. The highest BCUT2D eigenvalue weighted by molar-refractivity contribution is 6.00. The van der Waals surface area contributed by atoms with Gasteiger partial charge >= 0.3 is 0 Å². The number of anilines is 3. The van der Waals surface area contributed by atoms with Crippen molar-refractivity contribution in [3.8, 4) is 22.3 Å². The minimum atomic E-state index is -0.452. The summed E-state index contributed by atoms with van der Waals surface area (Å²) in [7, 11) is 0. The lowest BCUT2D eigenvalue weighted by atomic mass is 9.55. The van der Waals surface area contributed by atoms with Gasteiger partial charge in [0.25, 0.3) is 0 Å². The van der Waals surface area contributed by atoms with Crippen molar-refractivity contribution in [3.63, 3.8) is 0 Å². The summed E-state index contributed by atoms with van der Waals surface area (Å²) < 4.78 is 0. The first kappa shape index (κ1) is 29.7. The zero-order valence-electron chi connectivity index (χ0n) is 28.8. The first-order chi connectivity index (χ1) is 25.1. The van der Waals surface area contributed by atoms with Crippen LogP contribution in [0.25, 0.3) is 33.0 Å². The third-order valence-electron chi connectivity index (χ3n) is 11.5. The maximum absolute atomic E-state index is 2.49. The van der Waals surface area contributed by atoms with E-state index >= 15 is 0 Å². The van der Waals surface area contributed by atoms with Gasteiger partial charge in [0.1, 0.15) is 0 Å². The molecule has 2 aliphatic carbocycles. The third-order valence-corrected chi connectivity index (χ3v) is 11.5. The van der Waals surface area contributed by atoms with Crippen molar-refractivity contribution in [2.75, 3.05) is 4.90 Å². The average molecular weight is 652 g/mol. The maximum atomic E-state index is 2.49. The van der Waals surface area contributed by atoms with E-state index in [2.05, 4.69) is 207 Å². The van der Waals surface area contributed by atoms with E-state index in [1.165, 1.54) is 66.4 Å². The second-order valence-electron chi connectivity index (χ2n) is 14.5. The highest BCUT2D eigenvalue weighted by Crippen LogP contribution is 2.62. The molecule has 8 aromatic carbocycles. The minimum Gasteiger partial charge on any atom is -0.310 e. The summed E-state index contributed by atoms with van der Waals surface area (Å²) in [5, 5.41) is 2.45. The highest BCUT2D eigenvalue weighted by Gasteiger charge is 2.53. The van der Waals surface area contributed by atoms with E-state index in [0.717, 1.165) is 17.1 Å². The van der Waals surface area contributed by atoms with Gasteiger partial charge in [0, 0.05) is 22.2 Å². The van der Waals surface area contributed by atoms with Crippen LogP contribution in [0.5, 0.6) is 0 Å². The van der Waals surface area contributed by atoms with Crippen molar-refractivity contribution in [1.29, 1.82) is 0 Å². The van der Waals surface area contributed by atoms with Crippen LogP contribution < -0.4 is 4.90 Å². The molecule has 0 aliphatic heterocycles. The smallest absolute Gasteiger partial charge is 0.0720 e. The van der Waals surface area contributed by atoms with Gasteiger partial charge in [-0.3, -0.25) is 0 Å². The Labute approximate surface area is 300 Å². The van der Waals surface area contributed by atoms with Gasteiger partial charge in [-0.1, -0.05) is 172 Å². The Hall–Kier alpha value is -6.18. The first-order valence-corrected chi connectivity index (χ1v) is 17.9. The molecule has 0 radical (unpaired) electrons. The second kappa shape index (κ2) is 11.2. The largest absolute Gasteiger partial charge is 0.310 e. The number of benzene rings is 8. The van der Waals surface area contributed by atoms with E-state index in [4.69, 9.17) is 0 Å². The minimum absolute atomic E-state index is 0.136. The molecule has 1 nitrogen and oxygen atoms in total. The average Bonchev–Trinajstić information content (AvgIpc) is 3.48. The Balaban J connectivity index is 1.26. The summed E-state index contributed by atoms with van der Waals surface area (Å²) in [5.41, 5.74) is 16.1. The van der Waals surface area contributed by atoms with Crippen LogP contribution >= 0.6 is 0 Å². The first-order valence-electron chi connectivity index (χ1n) is 17.9. The molecule has 10 rings (SSSR count). The molecular weight excluding hydrogens is 615 g/mol. The molecule has 0 atom stereocenters. The number of nitrogens with zero attached hydrogens (tertiary/aromatic N) is 1. The lowest BCUT2D eigenvalue weighted by Crippen LogP contribution is -2.40. The van der Waals surface area contributed by atoms with Gasteiger partial charge in [-0.05, 0) is 91.4 Å². The van der Waals surface area contributed by atoms with Gasteiger partial charge in [-0.15, -0.1) is 0 Å². The Morgan fingerprint density at radius 2 is 0.902 bits per heavy atom. The number of hydrogen-bond donors (Lipinski definition) is 0. The van der Waals surface area contributed by atoms with Crippen molar-refractivity contribution in [3.05, 3.63) is 221 Å². The van der Waals surface area contributed by atoms with Crippen LogP contribution in [-0.4, -0.2) is 0 Å². The van der Waals surface area contributed by atoms with Gasteiger partial charge in [-0.2, -0.15) is 0 Å². The molecule has 0 saturated heterocycles. The maximum Gasteiger partial charge on any atom is 0.0720 e. The molecule has 0 heterocycles. The summed E-state index contributed by atoms with van der Waals surface area (Å²) in [6, 6.07) is 69.7. The topological polar surface area (TPSA) is 3.24 Å². The molecule has 0 aromatic heterocycles. The Bertz CT molecular complexity index is 2560. The van der Waals surface area contributed by atoms with E-state index in [1.54, 1.807) is 0 Å². The predicted octanol–water partition coefficient (Wildman–Crippen LogP) is 13.0. The van der Waals surface area contributed by atoms with Gasteiger partial charge in [0.05, 0.1) is 11.1 Å². The normalized spacial score (nSPS) is 14.4. The number of hydrogen-bond acceptors (Lipinski definition) is 1. The number of rotatable bonds is 4. The van der Waals surface area contributed by atoms with Crippen LogP contribution in [0.1, 0.15) is 47.2 Å². The fraction of sp³-hybridized carbons (Fsp3) is 0.0800. The van der Waals surface area contributed by atoms with E-state index < -0.39 is 5.41 Å². The standard InChI is InChI=1S/C50H37N/c1-49(2)43-22-10-12-24-45(43)50(46-25-13-11-23-44(46)49)42-21-9-8-20-40(42)41-32-31-38(33-47(41)50)51(48-26-14-18-36-17-6-7-19-39(36)48)37-29-27-35(28-30-37)34-15-4-3-5-16-34/h3-33H,1-2H3. The van der Waals surface area contributed by atoms with Gasteiger partial charge < -0.3 is 4.90 Å². The lowest BCUT2D eigenvalue weighted by Gasteiger charge is -2.46. The van der Waals surface area contributed by atoms with E-state index in [-0.39, 0.29) is 5.41 Å². The summed E-state index contributed by atoms with van der Waals surface area (Å²) in [6.45, 7) is 4.77. The zero-order valence-corrected chi connectivity index (χ0v) is 28.8. The van der Waals surface area contributed by atoms with Gasteiger partial charge in [0.2, 0.25) is 0 Å². The molecule has 1 spiro atoms. The number of fused-ring (bicyclic) bond motifs is 10. The van der Waals surface area contributed by atoms with E-state index in [0.29, 0.717) is 0 Å². The van der Waals surface area contributed by atoms with Crippen LogP contribution in [0.2, 0.25) is 0 Å². The molecule has 0 N–H and O–H groups in total. The molecule has 51 heavy (non-hydrogen) atoms. The summed E-state index contributed by atoms with van der Waals surface area (Å²) >= 11 is 0. The molecule has 0 fully saturated rings. The van der Waals surface area contributed by atoms with Gasteiger partial charge in [-0.25, -0.2) is 0 Å². The molecule has 0 saturated carbocycles. The van der Waals surface area contributed by atoms with Crippen LogP contribution in [0, 0.1) is 0 Å². The Morgan fingerprint density at radius 1 is 0.373 bits per heavy atom. The fourth-order valence-corrected chi connectivity index (χ4v) is 9.25. The molecule has 0 unspecified atom stereocenters. The zero-order chi connectivity index (χ0) is 34.2. The monoisotopic (exact) mass is 651 g/mol. The van der Waals surface area contributed by atoms with Crippen LogP contribution in [0.3, 0.4) is 0 Å². The van der Waals surface area contributed by atoms with E-state index in [9.17, 15) is 0 Å². The summed E-state index contributed by atoms with van der Waals surface area (Å²) in [6.07, 6.45) is 0. The Kier molecular flexibility index (Phi) is 6.51. The molecule has 2 aliphatic rings. The highest BCUT2D eigenvalue weighted by atomic mass is 15.1. The van der Waals surface area contributed by atoms with Crippen LogP contribution in [0.15, 0.2) is 188 Å². The van der Waals surface area contributed by atoms with Crippen molar-refractivity contribution < 1.29 is 0 Å². The lowest BCUT2D eigenvalue weighted by molar-refractivity contribution is 0.563. The predicted molar refractivity (Wildman–Crippen MR) is 213 cm³/mol. The van der Waals surface area contributed by atoms with Crippen molar-refractivity contribution in [2.24, 2.45) is 0 Å². The SMILES string of the molecule is CC1(C)c2ccccc2C2(c3ccccc3-c3ccc(N(c4ccc(-c5ccccc5)cc4)c4cccc5ccccc45)cc32)c2ccccc21. The fourth-order valence-electron chi connectivity index (χ4n) is 9.25. The molecule has 8 aromatic rings. The molecular formula is C50H37N. The molecule has 0 bridgehead atoms. The van der Waals surface area contributed by atoms with Crippen molar-refractivity contribution in [2.45, 2.75) is 24.7 Å². The van der Waals surface area contributed by atoms with Crippen molar-refractivity contribution in [1.82, 2.24) is 0 Å². The van der Waals surface area contributed by atoms with E-state index in [1.807, 2.05) is 0 Å². The van der Waals surface area contributed by atoms with Gasteiger partial charge in [0.15, 0.2) is 0 Å². The summed E-state index contributed by atoms with van der Waals surface area (Å²) in [5.74, 6) is 0. The van der Waals surface area contributed by atoms with Crippen LogP contribution in [0.4, 0.5) is 17.1 Å². The third kappa shape index (κ3) is 4.22. The van der Waals surface area contributed by atoms with Crippen LogP contribution in [-0.2, 0) is 10.8 Å². The summed E-state index contributed by atoms with van der Waals surface area (Å²) in [4.78, 5) is 2.46. The van der Waals surface area contributed by atoms with Crippen molar-refractivity contribution >= 4 is 27.8 Å². The second-order valence-corrected chi connectivity index (χ2v) is 14.5. The molecule has 1 heteroatoms. The quantitative estimate of drug-likeness (QED) is 0.183. The molecule has 0 amide bonds. The molecule has 242 valence electrons.